The van der Waals surface area contributed by atoms with Crippen LogP contribution in [0, 0.1) is 0 Å². The van der Waals surface area contributed by atoms with Crippen LogP contribution in [0.25, 0.3) is 0 Å². The van der Waals surface area contributed by atoms with E-state index in [2.05, 4.69) is 10.1 Å². The van der Waals surface area contributed by atoms with Crippen LogP contribution in [0.15, 0.2) is 0 Å². The Morgan fingerprint density at radius 2 is 1.65 bits per heavy atom. The lowest BCUT2D eigenvalue weighted by atomic mass is 9.81. The summed E-state index contributed by atoms with van der Waals surface area (Å²) in [4.78, 5) is 24.3. The third-order valence-electron chi connectivity index (χ3n) is 3.37. The monoisotopic (exact) mass is 339 g/mol. The number of halogens is 3. The molecule has 1 fully saturated rings. The number of hydrogen-bond acceptors (Lipinski definition) is 4. The first kappa shape index (κ1) is 19.7. The van der Waals surface area contributed by atoms with Crippen molar-refractivity contribution in [2.45, 2.75) is 70.2 Å². The highest BCUT2D eigenvalue weighted by Gasteiger charge is 2.43. The number of amides is 1. The van der Waals surface area contributed by atoms with Gasteiger partial charge in [-0.2, -0.15) is 13.2 Å². The highest BCUT2D eigenvalue weighted by molar-refractivity contribution is 5.88. The van der Waals surface area contributed by atoms with Gasteiger partial charge in [0.25, 0.3) is 0 Å². The molecule has 8 heteroatoms. The Labute approximate surface area is 133 Å². The van der Waals surface area contributed by atoms with Crippen molar-refractivity contribution in [3.8, 4) is 0 Å². The molecule has 23 heavy (non-hydrogen) atoms. The Kier molecular flexibility index (Phi) is 6.44. The molecule has 1 aliphatic rings. The molecule has 0 atom stereocenters. The second-order valence-electron chi connectivity index (χ2n) is 6.80. The normalized spacial score (nSPS) is 18.3. The Bertz CT molecular complexity index is 423. The molecule has 5 nitrogen and oxygen atoms in total. The van der Waals surface area contributed by atoms with Gasteiger partial charge in [-0.3, -0.25) is 4.79 Å². The van der Waals surface area contributed by atoms with Gasteiger partial charge < -0.3 is 14.8 Å². The number of esters is 1. The van der Waals surface area contributed by atoms with Gasteiger partial charge in [-0.25, -0.2) is 4.79 Å². The third kappa shape index (κ3) is 7.20. The first-order valence-corrected chi connectivity index (χ1v) is 7.63. The molecule has 0 unspecified atom stereocenters. The van der Waals surface area contributed by atoms with E-state index in [9.17, 15) is 22.8 Å². The highest BCUT2D eigenvalue weighted by atomic mass is 19.4. The van der Waals surface area contributed by atoms with Gasteiger partial charge in [0, 0.05) is 0 Å². The predicted octanol–water partition coefficient (Wildman–Crippen LogP) is 2.73. The van der Waals surface area contributed by atoms with Crippen LogP contribution in [0.1, 0.15) is 52.9 Å². The second kappa shape index (κ2) is 7.51. The fourth-order valence-corrected chi connectivity index (χ4v) is 2.47. The maximum absolute atomic E-state index is 12.4. The zero-order chi connectivity index (χ0) is 17.7. The van der Waals surface area contributed by atoms with Gasteiger partial charge in [0.1, 0.15) is 24.4 Å². The molecule has 0 saturated heterocycles. The minimum atomic E-state index is -4.49. The lowest BCUT2D eigenvalue weighted by Crippen LogP contribution is -2.58. The van der Waals surface area contributed by atoms with Gasteiger partial charge in [-0.1, -0.05) is 19.3 Å². The van der Waals surface area contributed by atoms with Gasteiger partial charge in [-0.05, 0) is 33.6 Å². The van der Waals surface area contributed by atoms with Crippen molar-refractivity contribution in [3.63, 3.8) is 0 Å². The lowest BCUT2D eigenvalue weighted by Gasteiger charge is -2.37. The van der Waals surface area contributed by atoms with Crippen molar-refractivity contribution in [2.75, 3.05) is 13.2 Å². The minimum absolute atomic E-state index is 0.410. The van der Waals surface area contributed by atoms with E-state index in [0.717, 1.165) is 19.3 Å². The fourth-order valence-electron chi connectivity index (χ4n) is 2.47. The van der Waals surface area contributed by atoms with E-state index in [1.807, 2.05) is 0 Å². The number of alkyl halides is 3. The van der Waals surface area contributed by atoms with Gasteiger partial charge in [0.05, 0.1) is 0 Å². The smallest absolute Gasteiger partial charge is 0.411 e. The minimum Gasteiger partial charge on any atom is -0.458 e. The third-order valence-corrected chi connectivity index (χ3v) is 3.37. The van der Waals surface area contributed by atoms with E-state index in [1.165, 1.54) is 0 Å². The molecule has 0 spiro atoms. The zero-order valence-corrected chi connectivity index (χ0v) is 13.7. The predicted molar refractivity (Wildman–Crippen MR) is 76.7 cm³/mol. The van der Waals surface area contributed by atoms with Gasteiger partial charge in [-0.15, -0.1) is 0 Å². The quantitative estimate of drug-likeness (QED) is 0.782. The van der Waals surface area contributed by atoms with Crippen molar-refractivity contribution in [3.05, 3.63) is 0 Å². The average molecular weight is 339 g/mol. The number of ether oxygens (including phenoxy) is 2. The molecule has 0 aliphatic heterocycles. The fraction of sp³-hybridized carbons (Fsp3) is 0.867. The lowest BCUT2D eigenvalue weighted by molar-refractivity contribution is -0.178. The Morgan fingerprint density at radius 3 is 2.13 bits per heavy atom. The van der Waals surface area contributed by atoms with Crippen LogP contribution < -0.4 is 5.32 Å². The molecule has 134 valence electrons. The molecule has 1 N–H and O–H groups in total. The van der Waals surface area contributed by atoms with E-state index in [1.54, 1.807) is 20.8 Å². The summed E-state index contributed by atoms with van der Waals surface area (Å²) < 4.78 is 45.8. The molecule has 1 rings (SSSR count). The van der Waals surface area contributed by atoms with Crippen molar-refractivity contribution < 1.29 is 32.2 Å². The molecular weight excluding hydrogens is 315 g/mol. The first-order chi connectivity index (χ1) is 10.4. The van der Waals surface area contributed by atoms with Crippen LogP contribution in [0.3, 0.4) is 0 Å². The molecule has 1 amide bonds. The average Bonchev–Trinajstić information content (AvgIpc) is 2.36. The second-order valence-corrected chi connectivity index (χ2v) is 6.80. The summed E-state index contributed by atoms with van der Waals surface area (Å²) in [5.41, 5.74) is -1.89. The number of carbonyl (C=O) groups is 2. The Morgan fingerprint density at radius 1 is 1.09 bits per heavy atom. The van der Waals surface area contributed by atoms with Crippen LogP contribution in [-0.2, 0) is 19.1 Å². The van der Waals surface area contributed by atoms with E-state index < -0.39 is 42.4 Å². The van der Waals surface area contributed by atoms with E-state index in [0.29, 0.717) is 12.8 Å². The van der Waals surface area contributed by atoms with E-state index in [-0.39, 0.29) is 0 Å². The van der Waals surface area contributed by atoms with E-state index in [4.69, 9.17) is 4.74 Å². The highest BCUT2D eigenvalue weighted by Crippen LogP contribution is 2.31. The van der Waals surface area contributed by atoms with Crippen LogP contribution >= 0.6 is 0 Å². The van der Waals surface area contributed by atoms with Crippen LogP contribution in [0.5, 0.6) is 0 Å². The Balaban J connectivity index is 2.67. The molecule has 0 aromatic heterocycles. The van der Waals surface area contributed by atoms with Gasteiger partial charge >= 0.3 is 12.1 Å². The molecule has 0 bridgehead atoms. The number of nitrogens with one attached hydrogen (secondary N) is 1. The van der Waals surface area contributed by atoms with Crippen molar-refractivity contribution in [1.29, 1.82) is 0 Å². The van der Waals surface area contributed by atoms with Crippen LogP contribution in [0.2, 0.25) is 0 Å². The maximum Gasteiger partial charge on any atom is 0.411 e. The molecule has 0 aromatic carbocycles. The first-order valence-electron chi connectivity index (χ1n) is 7.63. The SMILES string of the molecule is CC(C)(C)OC(=O)C1(NC(=O)COCC(F)(F)F)CCCCC1. The molecule has 1 saturated carbocycles. The van der Waals surface area contributed by atoms with Gasteiger partial charge in [0.15, 0.2) is 0 Å². The number of hydrogen-bond donors (Lipinski definition) is 1. The zero-order valence-electron chi connectivity index (χ0n) is 13.7. The van der Waals surface area contributed by atoms with Crippen molar-refractivity contribution >= 4 is 11.9 Å². The summed E-state index contributed by atoms with van der Waals surface area (Å²) in [5.74, 6) is -1.30. The van der Waals surface area contributed by atoms with Crippen LogP contribution in [-0.4, -0.2) is 42.4 Å². The van der Waals surface area contributed by atoms with Crippen molar-refractivity contribution in [1.82, 2.24) is 5.32 Å². The Hall–Kier alpha value is -1.31. The van der Waals surface area contributed by atoms with Gasteiger partial charge in [0.2, 0.25) is 5.91 Å². The van der Waals surface area contributed by atoms with Crippen molar-refractivity contribution in [2.24, 2.45) is 0 Å². The summed E-state index contributed by atoms with van der Waals surface area (Å²) in [7, 11) is 0. The van der Waals surface area contributed by atoms with E-state index >= 15 is 0 Å². The maximum atomic E-state index is 12.4. The molecule has 1 aliphatic carbocycles. The summed E-state index contributed by atoms with van der Waals surface area (Å²) in [6.07, 6.45) is -1.26. The largest absolute Gasteiger partial charge is 0.458 e. The number of rotatable bonds is 5. The molecule has 0 heterocycles. The summed E-state index contributed by atoms with van der Waals surface area (Å²) in [6, 6.07) is 0. The topological polar surface area (TPSA) is 64.6 Å². The summed E-state index contributed by atoms with van der Waals surface area (Å²) in [6.45, 7) is 2.91. The molecular formula is C15H24F3NO4. The molecule has 0 aromatic rings. The van der Waals surface area contributed by atoms with Crippen LogP contribution in [0.4, 0.5) is 13.2 Å². The molecule has 0 radical (unpaired) electrons. The number of carbonyl (C=O) groups excluding carboxylic acids is 2. The summed E-state index contributed by atoms with van der Waals surface area (Å²) >= 11 is 0. The standard InChI is InChI=1S/C15H24F3NO4/c1-13(2,3)23-12(21)14(7-5-4-6-8-14)19-11(20)9-22-10-15(16,17)18/h4-10H2,1-3H3,(H,19,20). The summed E-state index contributed by atoms with van der Waals surface area (Å²) in [5, 5.41) is 2.54.